The first-order valence-corrected chi connectivity index (χ1v) is 26.8. The minimum Gasteiger partial charge on any atom is -0.360 e. The van der Waals surface area contributed by atoms with E-state index >= 15 is 0 Å². The molecule has 6 aromatic carbocycles. The van der Waals surface area contributed by atoms with Gasteiger partial charge in [-0.05, 0) is 36.4 Å². The van der Waals surface area contributed by atoms with E-state index in [1.54, 1.807) is 0 Å². The van der Waals surface area contributed by atoms with Crippen LogP contribution in [0.2, 0.25) is 0 Å². The first-order valence-electron chi connectivity index (χ1n) is 26.8. The minimum absolute atomic E-state index is 0.0832. The molecule has 12 N–H and O–H groups in total. The molecule has 24 bridgehead atoms. The molecule has 12 atom stereocenters. The molecule has 22 rings (SSSR count). The van der Waals surface area contributed by atoms with Gasteiger partial charge in [-0.2, -0.15) is 0 Å². The van der Waals surface area contributed by atoms with Gasteiger partial charge in [-0.15, -0.1) is 0 Å². The molecule has 12 unspecified atom stereocenters. The highest BCUT2D eigenvalue weighted by atomic mass is 16.8. The van der Waals surface area contributed by atoms with Gasteiger partial charge >= 0.3 is 0 Å². The van der Waals surface area contributed by atoms with Crippen molar-refractivity contribution in [1.29, 1.82) is 0 Å². The SMILES string of the molecule is OC12COC(O)(CO1)c1cccc(c1)C1(O)COC(O)(CO1)c1cccc(c1)C1(O)COC(O)(CO1)c1cccc(c1)C1(O)COC(O)(CO1)c1cccc(c1)C1(O)COC(O)(CO1)c1cccc(c1)C1(O)COC(O)(CO1)c1cccc2c1. The van der Waals surface area contributed by atoms with Crippen LogP contribution < -0.4 is 0 Å². The van der Waals surface area contributed by atoms with Crippen LogP contribution in [-0.2, 0) is 126 Å². The van der Waals surface area contributed by atoms with E-state index in [2.05, 4.69) is 0 Å². The van der Waals surface area contributed by atoms with Crippen LogP contribution in [0, 0.1) is 0 Å². The van der Waals surface area contributed by atoms with Crippen molar-refractivity contribution in [3.8, 4) is 0 Å². The van der Waals surface area contributed by atoms with Crippen LogP contribution in [0.4, 0.5) is 0 Å². The maximum absolute atomic E-state index is 11.8. The first-order chi connectivity index (χ1) is 39.7. The Morgan fingerprint density at radius 3 is 0.321 bits per heavy atom. The summed E-state index contributed by atoms with van der Waals surface area (Å²) < 4.78 is 71.0. The van der Waals surface area contributed by atoms with Gasteiger partial charge in [0, 0.05) is 66.8 Å². The second kappa shape index (κ2) is 20.0. The van der Waals surface area contributed by atoms with E-state index in [1.165, 1.54) is 146 Å². The van der Waals surface area contributed by atoms with Crippen molar-refractivity contribution >= 4 is 0 Å². The van der Waals surface area contributed by atoms with Gasteiger partial charge in [0.25, 0.3) is 0 Å². The number of aliphatic hydroxyl groups is 12. The van der Waals surface area contributed by atoms with Gasteiger partial charge in [0.05, 0.1) is 0 Å². The highest BCUT2D eigenvalue weighted by Crippen LogP contribution is 2.46. The van der Waals surface area contributed by atoms with Crippen molar-refractivity contribution < 1.29 is 118 Å². The molecule has 0 radical (unpaired) electrons. The molecule has 16 heterocycles. The van der Waals surface area contributed by atoms with Gasteiger partial charge < -0.3 is 118 Å². The number of ether oxygens (including phenoxy) is 12. The molecule has 0 aliphatic carbocycles. The van der Waals surface area contributed by atoms with Crippen molar-refractivity contribution in [3.05, 3.63) is 212 Å². The van der Waals surface area contributed by atoms with Crippen LogP contribution in [0.15, 0.2) is 146 Å². The molecule has 24 nitrogen and oxygen atoms in total. The molecule has 16 aliphatic rings. The summed E-state index contributed by atoms with van der Waals surface area (Å²) >= 11 is 0. The van der Waals surface area contributed by atoms with E-state index in [0.717, 1.165) is 0 Å². The third-order valence-electron chi connectivity index (χ3n) is 16.7. The Hall–Kier alpha value is -5.64. The Labute approximate surface area is 477 Å². The lowest BCUT2D eigenvalue weighted by Gasteiger charge is -2.44. The van der Waals surface area contributed by atoms with Gasteiger partial charge in [0.1, 0.15) is 79.3 Å². The van der Waals surface area contributed by atoms with Crippen molar-refractivity contribution in [2.75, 3.05) is 79.3 Å². The summed E-state index contributed by atoms with van der Waals surface area (Å²) in [6.07, 6.45) is 0. The maximum atomic E-state index is 11.8. The summed E-state index contributed by atoms with van der Waals surface area (Å²) in [5.41, 5.74) is 0.998. The Balaban J connectivity index is 0.786. The van der Waals surface area contributed by atoms with E-state index in [4.69, 9.17) is 56.8 Å². The lowest BCUT2D eigenvalue weighted by Crippen LogP contribution is -2.52. The smallest absolute Gasteiger partial charge is 0.217 e. The Kier molecular flexibility index (Phi) is 13.6. The third kappa shape index (κ3) is 9.80. The predicted molar refractivity (Wildman–Crippen MR) is 277 cm³/mol. The van der Waals surface area contributed by atoms with Gasteiger partial charge in [-0.1, -0.05) is 109 Å². The maximum Gasteiger partial charge on any atom is 0.217 e. The Bertz CT molecular complexity index is 2660. The van der Waals surface area contributed by atoms with E-state index in [0.29, 0.717) is 0 Å². The highest BCUT2D eigenvalue weighted by molar-refractivity contribution is 5.38. The predicted octanol–water partition coefficient (Wildman–Crippen LogP) is 0.223. The van der Waals surface area contributed by atoms with Crippen LogP contribution >= 0.6 is 0 Å². The molecular weight excluding hydrogens is 1100 g/mol. The monoisotopic (exact) mass is 1160 g/mol. The van der Waals surface area contributed by atoms with E-state index in [9.17, 15) is 61.3 Å². The van der Waals surface area contributed by atoms with Crippen LogP contribution in [0.5, 0.6) is 0 Å². The summed E-state index contributed by atoms with van der Waals surface area (Å²) in [4.78, 5) is 0. The fraction of sp³-hybridized carbons (Fsp3) is 0.400. The molecule has 0 spiro atoms. The molecule has 0 amide bonds. The summed E-state index contributed by atoms with van der Waals surface area (Å²) in [7, 11) is 0. The zero-order valence-electron chi connectivity index (χ0n) is 44.6. The largest absolute Gasteiger partial charge is 0.360 e. The lowest BCUT2D eigenvalue weighted by molar-refractivity contribution is -0.382. The third-order valence-corrected chi connectivity index (χ3v) is 16.7. The zero-order chi connectivity index (χ0) is 58.9. The molecule has 6 aromatic rings. The number of hydrogen-bond donors (Lipinski definition) is 12. The molecule has 6 fully saturated rings. The van der Waals surface area contributed by atoms with Gasteiger partial charge in [-0.3, -0.25) is 0 Å². The van der Waals surface area contributed by atoms with E-state index < -0.39 is 149 Å². The summed E-state index contributed by atoms with van der Waals surface area (Å²) in [5.74, 6) is -26.3. The molecule has 444 valence electrons. The second-order valence-corrected chi connectivity index (χ2v) is 22.4. The topological polar surface area (TPSA) is 354 Å². The fourth-order valence-corrected chi connectivity index (χ4v) is 11.1. The standard InChI is InChI=1S/C60H60O24/c61-49-25-75-51(63,27-73-49)39-9-2-11-41(20-39)53(65)29-79-55(67,31-77-53)43-13-4-15-45(22-43)57(69)33-83-59(71,35-81-57)47-17-6-18-48(24-47)60(72)36-82-58(70,34-84-60)46-16-5-14-44(23-46)56(68)32-78-54(66,30-80-56)42-12-3-10-40(21-42)52(64)28-74-50(62,26-76-52)38-8-1-7-37(49)19-38/h1-24,61-72H,25-36H2. The summed E-state index contributed by atoms with van der Waals surface area (Å²) in [6, 6.07) is 35.2. The van der Waals surface area contributed by atoms with Crippen LogP contribution in [0.25, 0.3) is 0 Å². The van der Waals surface area contributed by atoms with Crippen molar-refractivity contribution in [2.45, 2.75) is 69.4 Å². The van der Waals surface area contributed by atoms with E-state index in [-0.39, 0.29) is 66.8 Å². The van der Waals surface area contributed by atoms with Crippen LogP contribution in [0.1, 0.15) is 66.8 Å². The van der Waals surface area contributed by atoms with Gasteiger partial charge in [0.15, 0.2) is 0 Å². The molecule has 0 saturated carbocycles. The fourth-order valence-electron chi connectivity index (χ4n) is 11.1. The molecule has 84 heavy (non-hydrogen) atoms. The summed E-state index contributed by atoms with van der Waals surface area (Å²) in [5, 5.41) is 142. The normalized spacial score (nSPS) is 39.6. The number of hydrogen-bond acceptors (Lipinski definition) is 24. The highest BCUT2D eigenvalue weighted by Gasteiger charge is 2.54. The van der Waals surface area contributed by atoms with E-state index in [1.807, 2.05) is 0 Å². The summed E-state index contributed by atoms with van der Waals surface area (Å²) in [6.45, 7) is -7.73. The Morgan fingerprint density at radius 2 is 0.250 bits per heavy atom. The van der Waals surface area contributed by atoms with Crippen molar-refractivity contribution in [3.63, 3.8) is 0 Å². The van der Waals surface area contributed by atoms with Crippen LogP contribution in [0.3, 0.4) is 0 Å². The average molecular weight is 1170 g/mol. The first kappa shape index (κ1) is 57.4. The number of rotatable bonds is 0. The zero-order valence-corrected chi connectivity index (χ0v) is 44.6. The van der Waals surface area contributed by atoms with Gasteiger partial charge in [0.2, 0.25) is 69.4 Å². The minimum atomic E-state index is -2.19. The molecule has 6 saturated heterocycles. The Morgan fingerprint density at radius 1 is 0.167 bits per heavy atom. The molecule has 16 aliphatic heterocycles. The quantitative estimate of drug-likeness (QED) is 0.0968. The second-order valence-electron chi connectivity index (χ2n) is 22.4. The van der Waals surface area contributed by atoms with Crippen LogP contribution in [-0.4, -0.2) is 141 Å². The molecule has 24 heteroatoms. The van der Waals surface area contributed by atoms with Gasteiger partial charge in [-0.25, -0.2) is 0 Å². The van der Waals surface area contributed by atoms with Crippen molar-refractivity contribution in [1.82, 2.24) is 0 Å². The average Bonchev–Trinajstić information content (AvgIpc) is 3.62. The molecule has 0 aromatic heterocycles. The molecular formula is C60H60O24. The number of benzene rings is 6. The van der Waals surface area contributed by atoms with Crippen molar-refractivity contribution in [2.24, 2.45) is 0 Å². The lowest BCUT2D eigenvalue weighted by atomic mass is 9.94.